The zero-order valence-corrected chi connectivity index (χ0v) is 12.2. The summed E-state index contributed by atoms with van der Waals surface area (Å²) in [6.07, 6.45) is 1.79. The quantitative estimate of drug-likeness (QED) is 0.670. The van der Waals surface area contributed by atoms with Crippen molar-refractivity contribution in [2.75, 3.05) is 0 Å². The first kappa shape index (κ1) is 13.1. The molecule has 1 atom stereocenters. The molecule has 0 aliphatic heterocycles. The van der Waals surface area contributed by atoms with Crippen LogP contribution in [0.25, 0.3) is 11.2 Å². The Kier molecular flexibility index (Phi) is 3.45. The van der Waals surface area contributed by atoms with Gasteiger partial charge in [0, 0.05) is 12.2 Å². The molecule has 3 nitrogen and oxygen atoms in total. The van der Waals surface area contributed by atoms with Gasteiger partial charge >= 0.3 is 0 Å². The molecule has 0 aliphatic carbocycles. The second-order valence-corrected chi connectivity index (χ2v) is 5.49. The lowest BCUT2D eigenvalue weighted by Crippen LogP contribution is -2.09. The number of rotatable bonds is 3. The molecular formula is C16H16ClN3. The average molecular weight is 286 g/mol. The Labute approximate surface area is 123 Å². The van der Waals surface area contributed by atoms with Gasteiger partial charge in [-0.15, -0.1) is 11.6 Å². The summed E-state index contributed by atoms with van der Waals surface area (Å²) >= 11 is 6.64. The van der Waals surface area contributed by atoms with Crippen molar-refractivity contribution < 1.29 is 0 Å². The van der Waals surface area contributed by atoms with Crippen molar-refractivity contribution in [1.29, 1.82) is 0 Å². The fraction of sp³-hybridized carbons (Fsp3) is 0.250. The number of halogens is 1. The van der Waals surface area contributed by atoms with Gasteiger partial charge in [0.05, 0.1) is 0 Å². The highest BCUT2D eigenvalue weighted by Gasteiger charge is 2.21. The molecular weight excluding hydrogens is 270 g/mol. The number of nitrogens with zero attached hydrogens (tertiary/aromatic N) is 3. The minimum Gasteiger partial charge on any atom is -0.309 e. The van der Waals surface area contributed by atoms with Crippen molar-refractivity contribution in [3.63, 3.8) is 0 Å². The van der Waals surface area contributed by atoms with Crippen molar-refractivity contribution >= 4 is 22.8 Å². The summed E-state index contributed by atoms with van der Waals surface area (Å²) in [6.45, 7) is 4.24. The van der Waals surface area contributed by atoms with Crippen LogP contribution >= 0.6 is 11.6 Å². The molecule has 0 fully saturated rings. The third kappa shape index (κ3) is 2.18. The van der Waals surface area contributed by atoms with Crippen LogP contribution in [0.1, 0.15) is 36.7 Å². The van der Waals surface area contributed by atoms with Crippen molar-refractivity contribution in [3.8, 4) is 0 Å². The van der Waals surface area contributed by atoms with Gasteiger partial charge in [-0.05, 0) is 31.5 Å². The standard InChI is InChI=1S/C16H16ClN3/c1-11(2)20-15-13(9-6-10-18-15)19-16(20)14(17)12-7-4-3-5-8-12/h3-11,14H,1-2H3. The van der Waals surface area contributed by atoms with Gasteiger partial charge in [-0.25, -0.2) is 9.97 Å². The van der Waals surface area contributed by atoms with Crippen LogP contribution in [0, 0.1) is 0 Å². The highest BCUT2D eigenvalue weighted by Crippen LogP contribution is 2.32. The highest BCUT2D eigenvalue weighted by molar-refractivity contribution is 6.22. The first-order chi connectivity index (χ1) is 9.68. The summed E-state index contributed by atoms with van der Waals surface area (Å²) in [7, 11) is 0. The first-order valence-corrected chi connectivity index (χ1v) is 7.14. The number of benzene rings is 1. The van der Waals surface area contributed by atoms with Gasteiger partial charge < -0.3 is 4.57 Å². The van der Waals surface area contributed by atoms with Crippen molar-refractivity contribution in [2.45, 2.75) is 25.3 Å². The fourth-order valence-corrected chi connectivity index (χ4v) is 2.71. The number of alkyl halides is 1. The zero-order valence-electron chi connectivity index (χ0n) is 11.5. The molecule has 0 amide bonds. The number of fused-ring (bicyclic) bond motifs is 1. The third-order valence-corrected chi connectivity index (χ3v) is 3.76. The van der Waals surface area contributed by atoms with E-state index in [0.717, 1.165) is 22.6 Å². The van der Waals surface area contributed by atoms with Gasteiger partial charge in [0.25, 0.3) is 0 Å². The largest absolute Gasteiger partial charge is 0.309 e. The molecule has 0 aliphatic rings. The van der Waals surface area contributed by atoms with Gasteiger partial charge in [0.1, 0.15) is 16.7 Å². The molecule has 1 aromatic carbocycles. The predicted molar refractivity (Wildman–Crippen MR) is 82.1 cm³/mol. The highest BCUT2D eigenvalue weighted by atomic mass is 35.5. The van der Waals surface area contributed by atoms with E-state index in [9.17, 15) is 0 Å². The van der Waals surface area contributed by atoms with Crippen LogP contribution in [-0.2, 0) is 0 Å². The number of hydrogen-bond acceptors (Lipinski definition) is 2. The van der Waals surface area contributed by atoms with Gasteiger partial charge in [-0.3, -0.25) is 0 Å². The third-order valence-electron chi connectivity index (χ3n) is 3.31. The summed E-state index contributed by atoms with van der Waals surface area (Å²) in [5.41, 5.74) is 2.82. The molecule has 102 valence electrons. The van der Waals surface area contributed by atoms with E-state index in [-0.39, 0.29) is 11.4 Å². The van der Waals surface area contributed by atoms with Gasteiger partial charge in [-0.2, -0.15) is 0 Å². The topological polar surface area (TPSA) is 30.7 Å². The smallest absolute Gasteiger partial charge is 0.160 e. The van der Waals surface area contributed by atoms with E-state index in [1.165, 1.54) is 0 Å². The minimum atomic E-state index is -0.271. The summed E-state index contributed by atoms with van der Waals surface area (Å²) in [4.78, 5) is 9.12. The molecule has 0 saturated heterocycles. The Balaban J connectivity index is 2.18. The summed E-state index contributed by atoms with van der Waals surface area (Å²) in [5.74, 6) is 0.849. The number of hydrogen-bond donors (Lipinski definition) is 0. The normalized spacial score (nSPS) is 13.0. The van der Waals surface area contributed by atoms with Crippen molar-refractivity contribution in [1.82, 2.24) is 14.5 Å². The second-order valence-electron chi connectivity index (χ2n) is 5.05. The van der Waals surface area contributed by atoms with Gasteiger partial charge in [-0.1, -0.05) is 30.3 Å². The fourth-order valence-electron chi connectivity index (χ4n) is 2.41. The lowest BCUT2D eigenvalue weighted by molar-refractivity contribution is 0.584. The molecule has 0 spiro atoms. The molecule has 0 saturated carbocycles. The lowest BCUT2D eigenvalue weighted by atomic mass is 10.1. The average Bonchev–Trinajstić information content (AvgIpc) is 2.86. The van der Waals surface area contributed by atoms with E-state index in [1.54, 1.807) is 6.20 Å². The molecule has 0 bridgehead atoms. The molecule has 0 radical (unpaired) electrons. The van der Waals surface area contributed by atoms with Crippen molar-refractivity contribution in [3.05, 3.63) is 60.0 Å². The number of aromatic nitrogens is 3. The molecule has 1 unspecified atom stereocenters. The van der Waals surface area contributed by atoms with E-state index in [2.05, 4.69) is 28.4 Å². The maximum Gasteiger partial charge on any atom is 0.160 e. The summed E-state index contributed by atoms with van der Waals surface area (Å²) < 4.78 is 2.11. The van der Waals surface area contributed by atoms with E-state index in [0.29, 0.717) is 0 Å². The van der Waals surface area contributed by atoms with Crippen LogP contribution in [0.2, 0.25) is 0 Å². The Bertz CT molecular complexity index is 719. The van der Waals surface area contributed by atoms with Crippen LogP contribution in [0.4, 0.5) is 0 Å². The maximum absolute atomic E-state index is 6.64. The van der Waals surface area contributed by atoms with E-state index in [4.69, 9.17) is 11.6 Å². The Morgan fingerprint density at radius 2 is 1.80 bits per heavy atom. The Morgan fingerprint density at radius 3 is 2.50 bits per heavy atom. The van der Waals surface area contributed by atoms with Crippen LogP contribution in [0.15, 0.2) is 48.7 Å². The lowest BCUT2D eigenvalue weighted by Gasteiger charge is -2.16. The summed E-state index contributed by atoms with van der Waals surface area (Å²) in [5, 5.41) is -0.271. The maximum atomic E-state index is 6.64. The number of pyridine rings is 1. The van der Waals surface area contributed by atoms with E-state index in [1.807, 2.05) is 42.5 Å². The van der Waals surface area contributed by atoms with Crippen LogP contribution in [0.5, 0.6) is 0 Å². The van der Waals surface area contributed by atoms with E-state index >= 15 is 0 Å². The van der Waals surface area contributed by atoms with Crippen LogP contribution in [-0.4, -0.2) is 14.5 Å². The molecule has 2 heterocycles. The molecule has 2 aromatic heterocycles. The first-order valence-electron chi connectivity index (χ1n) is 6.70. The SMILES string of the molecule is CC(C)n1c(C(Cl)c2ccccc2)nc2cccnc21. The second kappa shape index (κ2) is 5.25. The van der Waals surface area contributed by atoms with E-state index < -0.39 is 0 Å². The summed E-state index contributed by atoms with van der Waals surface area (Å²) in [6, 6.07) is 14.1. The van der Waals surface area contributed by atoms with Crippen molar-refractivity contribution in [2.24, 2.45) is 0 Å². The Morgan fingerprint density at radius 1 is 1.05 bits per heavy atom. The molecule has 4 heteroatoms. The molecule has 0 N–H and O–H groups in total. The Hall–Kier alpha value is -1.87. The predicted octanol–water partition coefficient (Wildman–Crippen LogP) is 4.34. The van der Waals surface area contributed by atoms with Gasteiger partial charge in [0.2, 0.25) is 0 Å². The van der Waals surface area contributed by atoms with Crippen LogP contribution < -0.4 is 0 Å². The van der Waals surface area contributed by atoms with Crippen LogP contribution in [0.3, 0.4) is 0 Å². The molecule has 20 heavy (non-hydrogen) atoms. The monoisotopic (exact) mass is 285 g/mol. The molecule has 3 aromatic rings. The number of imidazole rings is 1. The molecule has 3 rings (SSSR count). The van der Waals surface area contributed by atoms with Gasteiger partial charge in [0.15, 0.2) is 5.65 Å². The zero-order chi connectivity index (χ0) is 14.1. The minimum absolute atomic E-state index is 0.259.